The first-order valence-corrected chi connectivity index (χ1v) is 7.37. The Hall–Kier alpha value is -2.34. The largest absolute Gasteiger partial charge is 0.494 e. The summed E-state index contributed by atoms with van der Waals surface area (Å²) in [7, 11) is 0. The Morgan fingerprint density at radius 2 is 1.86 bits per heavy atom. The summed E-state index contributed by atoms with van der Waals surface area (Å²) < 4.78 is 5.94. The molecule has 0 heterocycles. The van der Waals surface area contributed by atoms with E-state index < -0.39 is 5.97 Å². The second-order valence-corrected chi connectivity index (χ2v) is 5.32. The van der Waals surface area contributed by atoms with Crippen LogP contribution in [-0.2, 0) is 0 Å². The van der Waals surface area contributed by atoms with Crippen molar-refractivity contribution in [2.24, 2.45) is 0 Å². The highest BCUT2D eigenvalue weighted by atomic mass is 79.9. The van der Waals surface area contributed by atoms with Gasteiger partial charge in [-0.1, -0.05) is 15.9 Å². The number of carboxylic acid groups (broad SMARTS) is 1. The van der Waals surface area contributed by atoms with E-state index in [9.17, 15) is 14.7 Å². The standard InChI is InChI=1S/C16H14BrNO4/c1-2-22-12-6-3-10(4-7-12)15(19)18-14-8-5-11(17)9-13(14)16(20)21/h3-9H,2H2,1H3,(H,18,19)(H,20,21). The molecular formula is C16H14BrNO4. The van der Waals surface area contributed by atoms with Gasteiger partial charge in [0.2, 0.25) is 0 Å². The van der Waals surface area contributed by atoms with Crippen molar-refractivity contribution in [3.63, 3.8) is 0 Å². The first-order valence-electron chi connectivity index (χ1n) is 6.58. The Kier molecular flexibility index (Phi) is 5.16. The van der Waals surface area contributed by atoms with Crippen molar-refractivity contribution in [2.45, 2.75) is 6.92 Å². The molecule has 0 fully saturated rings. The molecule has 0 spiro atoms. The van der Waals surface area contributed by atoms with Crippen LogP contribution in [0.1, 0.15) is 27.6 Å². The van der Waals surface area contributed by atoms with Crippen molar-refractivity contribution >= 4 is 33.5 Å². The molecule has 6 heteroatoms. The molecule has 2 aromatic carbocycles. The highest BCUT2D eigenvalue weighted by Crippen LogP contribution is 2.22. The van der Waals surface area contributed by atoms with Gasteiger partial charge in [-0.2, -0.15) is 0 Å². The van der Waals surface area contributed by atoms with E-state index in [2.05, 4.69) is 21.2 Å². The zero-order chi connectivity index (χ0) is 16.1. The summed E-state index contributed by atoms with van der Waals surface area (Å²) in [6.07, 6.45) is 0. The van der Waals surface area contributed by atoms with Crippen LogP contribution in [0.3, 0.4) is 0 Å². The molecule has 2 aromatic rings. The lowest BCUT2D eigenvalue weighted by molar-refractivity contribution is 0.0698. The molecule has 2 rings (SSSR count). The third-order valence-corrected chi connectivity index (χ3v) is 3.38. The lowest BCUT2D eigenvalue weighted by atomic mass is 10.1. The lowest BCUT2D eigenvalue weighted by Crippen LogP contribution is -2.14. The van der Waals surface area contributed by atoms with Gasteiger partial charge >= 0.3 is 5.97 Å². The number of carboxylic acids is 1. The summed E-state index contributed by atoms with van der Waals surface area (Å²) in [5.41, 5.74) is 0.686. The van der Waals surface area contributed by atoms with E-state index in [1.54, 1.807) is 36.4 Å². The molecule has 0 bridgehead atoms. The molecule has 0 saturated carbocycles. The fourth-order valence-electron chi connectivity index (χ4n) is 1.87. The number of hydrogen-bond donors (Lipinski definition) is 2. The monoisotopic (exact) mass is 363 g/mol. The van der Waals surface area contributed by atoms with Crippen molar-refractivity contribution in [1.29, 1.82) is 0 Å². The Labute approximate surface area is 136 Å². The molecule has 2 N–H and O–H groups in total. The fourth-order valence-corrected chi connectivity index (χ4v) is 2.23. The lowest BCUT2D eigenvalue weighted by Gasteiger charge is -2.09. The third-order valence-electron chi connectivity index (χ3n) is 2.89. The highest BCUT2D eigenvalue weighted by molar-refractivity contribution is 9.10. The molecule has 0 aromatic heterocycles. The van der Waals surface area contributed by atoms with Crippen LogP contribution in [0.5, 0.6) is 5.75 Å². The number of amides is 1. The number of anilines is 1. The van der Waals surface area contributed by atoms with Crippen molar-refractivity contribution in [3.8, 4) is 5.75 Å². The van der Waals surface area contributed by atoms with E-state index in [0.717, 1.165) is 0 Å². The van der Waals surface area contributed by atoms with Crippen molar-refractivity contribution < 1.29 is 19.4 Å². The van der Waals surface area contributed by atoms with Crippen LogP contribution in [0, 0.1) is 0 Å². The third kappa shape index (κ3) is 3.85. The van der Waals surface area contributed by atoms with Crippen LogP contribution in [0.15, 0.2) is 46.9 Å². The molecule has 22 heavy (non-hydrogen) atoms. The molecule has 1 amide bonds. The predicted octanol–water partition coefficient (Wildman–Crippen LogP) is 3.80. The van der Waals surface area contributed by atoms with Crippen LogP contribution in [0.4, 0.5) is 5.69 Å². The van der Waals surface area contributed by atoms with Gasteiger partial charge in [0, 0.05) is 10.0 Å². The van der Waals surface area contributed by atoms with Gasteiger partial charge < -0.3 is 15.2 Å². The molecule has 0 aliphatic rings. The average molecular weight is 364 g/mol. The van der Waals surface area contributed by atoms with Crippen LogP contribution in [0.25, 0.3) is 0 Å². The minimum absolute atomic E-state index is 0.0219. The van der Waals surface area contributed by atoms with E-state index in [4.69, 9.17) is 4.74 Å². The quantitative estimate of drug-likeness (QED) is 0.846. The van der Waals surface area contributed by atoms with E-state index in [0.29, 0.717) is 22.4 Å². The first-order chi connectivity index (χ1) is 10.5. The van der Waals surface area contributed by atoms with Gasteiger partial charge in [0.1, 0.15) is 5.75 Å². The van der Waals surface area contributed by atoms with E-state index in [-0.39, 0.29) is 17.2 Å². The van der Waals surface area contributed by atoms with Crippen molar-refractivity contribution in [3.05, 3.63) is 58.1 Å². The number of aromatic carboxylic acids is 1. The van der Waals surface area contributed by atoms with Gasteiger partial charge in [-0.05, 0) is 49.4 Å². The van der Waals surface area contributed by atoms with Crippen molar-refractivity contribution in [1.82, 2.24) is 0 Å². The molecule has 0 saturated heterocycles. The second-order valence-electron chi connectivity index (χ2n) is 4.41. The SMILES string of the molecule is CCOc1ccc(C(=O)Nc2ccc(Br)cc2C(=O)O)cc1. The maximum absolute atomic E-state index is 12.2. The van der Waals surface area contributed by atoms with Gasteiger partial charge in [-0.25, -0.2) is 4.79 Å². The highest BCUT2D eigenvalue weighted by Gasteiger charge is 2.14. The number of carbonyl (C=O) groups excluding carboxylic acids is 1. The molecular weight excluding hydrogens is 350 g/mol. The molecule has 114 valence electrons. The van der Waals surface area contributed by atoms with Gasteiger partial charge in [0.15, 0.2) is 0 Å². The zero-order valence-electron chi connectivity index (χ0n) is 11.8. The molecule has 0 unspecified atom stereocenters. The van der Waals surface area contributed by atoms with Gasteiger partial charge in [0.05, 0.1) is 17.9 Å². The summed E-state index contributed by atoms with van der Waals surface area (Å²) >= 11 is 3.21. The maximum Gasteiger partial charge on any atom is 0.337 e. The fraction of sp³-hybridized carbons (Fsp3) is 0.125. The van der Waals surface area contributed by atoms with E-state index in [1.807, 2.05) is 6.92 Å². The number of ether oxygens (including phenoxy) is 1. The van der Waals surface area contributed by atoms with Crippen LogP contribution < -0.4 is 10.1 Å². The Bertz CT molecular complexity index is 698. The van der Waals surface area contributed by atoms with Crippen molar-refractivity contribution in [2.75, 3.05) is 11.9 Å². The number of carbonyl (C=O) groups is 2. The number of nitrogens with one attached hydrogen (secondary N) is 1. The molecule has 0 aliphatic carbocycles. The van der Waals surface area contributed by atoms with Gasteiger partial charge in [-0.15, -0.1) is 0 Å². The Balaban J connectivity index is 2.20. The summed E-state index contributed by atoms with van der Waals surface area (Å²) in [5, 5.41) is 11.8. The number of rotatable bonds is 5. The zero-order valence-corrected chi connectivity index (χ0v) is 13.4. The van der Waals surface area contributed by atoms with Crippen LogP contribution in [-0.4, -0.2) is 23.6 Å². The molecule has 0 aliphatic heterocycles. The maximum atomic E-state index is 12.2. The summed E-state index contributed by atoms with van der Waals surface area (Å²) in [6, 6.07) is 11.3. The second kappa shape index (κ2) is 7.09. The summed E-state index contributed by atoms with van der Waals surface area (Å²) in [5.74, 6) is -0.815. The van der Waals surface area contributed by atoms with E-state index >= 15 is 0 Å². The smallest absolute Gasteiger partial charge is 0.337 e. The van der Waals surface area contributed by atoms with Gasteiger partial charge in [0.25, 0.3) is 5.91 Å². The number of hydrogen-bond acceptors (Lipinski definition) is 3. The van der Waals surface area contributed by atoms with Crippen LogP contribution in [0.2, 0.25) is 0 Å². The summed E-state index contributed by atoms with van der Waals surface area (Å²) in [4.78, 5) is 23.4. The van der Waals surface area contributed by atoms with E-state index in [1.165, 1.54) is 6.07 Å². The Morgan fingerprint density at radius 3 is 2.45 bits per heavy atom. The Morgan fingerprint density at radius 1 is 1.18 bits per heavy atom. The summed E-state index contributed by atoms with van der Waals surface area (Å²) in [6.45, 7) is 2.42. The number of halogens is 1. The first kappa shape index (κ1) is 16.0. The van der Waals surface area contributed by atoms with Crippen LogP contribution >= 0.6 is 15.9 Å². The predicted molar refractivity (Wildman–Crippen MR) is 86.7 cm³/mol. The normalized spacial score (nSPS) is 10.1. The molecule has 0 radical (unpaired) electrons. The minimum Gasteiger partial charge on any atom is -0.494 e. The molecule has 5 nitrogen and oxygen atoms in total. The number of benzene rings is 2. The average Bonchev–Trinajstić information content (AvgIpc) is 2.50. The topological polar surface area (TPSA) is 75.6 Å². The molecule has 0 atom stereocenters. The minimum atomic E-state index is -1.11. The van der Waals surface area contributed by atoms with Gasteiger partial charge in [-0.3, -0.25) is 4.79 Å².